The van der Waals surface area contributed by atoms with Gasteiger partial charge in [-0.1, -0.05) is 91.0 Å². The molecule has 0 radical (unpaired) electrons. The largest absolute Gasteiger partial charge is 0.278 e. The zero-order chi connectivity index (χ0) is 26.0. The number of rotatable bonds is 3. The third-order valence-corrected chi connectivity index (χ3v) is 8.45. The summed E-state index contributed by atoms with van der Waals surface area (Å²) < 4.78 is 10.3. The van der Waals surface area contributed by atoms with E-state index in [0.717, 1.165) is 49.3 Å². The lowest BCUT2D eigenvalue weighted by molar-refractivity contribution is 0.771. The summed E-state index contributed by atoms with van der Waals surface area (Å²) in [5, 5.41) is 4.42. The van der Waals surface area contributed by atoms with E-state index in [1.165, 1.54) is 23.3 Å². The third kappa shape index (κ3) is 3.49. The number of benzene rings is 4. The van der Waals surface area contributed by atoms with Crippen molar-refractivity contribution in [2.45, 2.75) is 12.5 Å². The number of fused-ring (bicyclic) bond motifs is 5. The minimum absolute atomic E-state index is 0.350. The molecular weight excluding hydrogens is 498 g/mol. The molecule has 186 valence electrons. The van der Waals surface area contributed by atoms with Gasteiger partial charge in [-0.05, 0) is 42.3 Å². The van der Waals surface area contributed by atoms with Crippen LogP contribution in [0.3, 0.4) is 0 Å². The van der Waals surface area contributed by atoms with Crippen LogP contribution in [-0.2, 0) is 0 Å². The first-order valence-corrected chi connectivity index (χ1v) is 13.7. The quantitative estimate of drug-likeness (QED) is 0.297. The van der Waals surface area contributed by atoms with Crippen LogP contribution in [0, 0.1) is 0 Å². The molecule has 1 unspecified atom stereocenters. The molecule has 1 atom stereocenters. The molecular formula is C33H23N5S. The molecule has 0 spiro atoms. The Labute approximate surface area is 229 Å². The molecule has 8 rings (SSSR count). The second kappa shape index (κ2) is 8.50. The maximum atomic E-state index is 5.24. The van der Waals surface area contributed by atoms with Gasteiger partial charge >= 0.3 is 0 Å². The van der Waals surface area contributed by atoms with Gasteiger partial charge in [0.25, 0.3) is 0 Å². The molecule has 0 amide bonds. The van der Waals surface area contributed by atoms with Crippen LogP contribution in [0.2, 0.25) is 0 Å². The number of nitrogens with one attached hydrogen (secondary N) is 1. The average Bonchev–Trinajstić information content (AvgIpc) is 3.52. The van der Waals surface area contributed by atoms with E-state index in [1.807, 2.05) is 18.2 Å². The highest BCUT2D eigenvalue weighted by molar-refractivity contribution is 7.96. The molecule has 3 heterocycles. The van der Waals surface area contributed by atoms with Gasteiger partial charge in [0.05, 0.1) is 45.5 Å². The molecule has 0 saturated carbocycles. The Morgan fingerprint density at radius 1 is 0.718 bits per heavy atom. The number of nitrogens with zero attached hydrogens (tertiary/aromatic N) is 4. The molecule has 6 aromatic rings. The van der Waals surface area contributed by atoms with E-state index in [9.17, 15) is 0 Å². The summed E-state index contributed by atoms with van der Waals surface area (Å²) in [6, 6.07) is 35.8. The molecule has 1 N–H and O–H groups in total. The second-order valence-electron chi connectivity index (χ2n) is 10.1. The molecule has 39 heavy (non-hydrogen) atoms. The average molecular weight is 522 g/mol. The molecule has 2 aromatic heterocycles. The van der Waals surface area contributed by atoms with Crippen molar-refractivity contribution in [3.8, 4) is 28.3 Å². The van der Waals surface area contributed by atoms with Crippen LogP contribution >= 0.6 is 12.1 Å². The van der Waals surface area contributed by atoms with Gasteiger partial charge in [-0.3, -0.25) is 4.57 Å². The Bertz CT molecular complexity index is 2080. The Kier molecular flexibility index (Phi) is 4.89. The Morgan fingerprint density at radius 3 is 2.26 bits per heavy atom. The first-order valence-electron chi connectivity index (χ1n) is 13.0. The fourth-order valence-corrected chi connectivity index (χ4v) is 6.37. The Morgan fingerprint density at radius 2 is 1.41 bits per heavy atom. The molecule has 5 nitrogen and oxygen atoms in total. The van der Waals surface area contributed by atoms with Gasteiger partial charge in [0.1, 0.15) is 0 Å². The highest BCUT2D eigenvalue weighted by Crippen LogP contribution is 2.30. The summed E-state index contributed by atoms with van der Waals surface area (Å²) in [6.07, 6.45) is 4.46. The fourth-order valence-electron chi connectivity index (χ4n) is 5.63. The lowest BCUT2D eigenvalue weighted by Crippen LogP contribution is -2.48. The van der Waals surface area contributed by atoms with Gasteiger partial charge in [-0.2, -0.15) is 0 Å². The zero-order valence-electron chi connectivity index (χ0n) is 21.2. The van der Waals surface area contributed by atoms with Gasteiger partial charge in [0.2, 0.25) is 5.95 Å². The monoisotopic (exact) mass is 521 g/mol. The predicted molar refractivity (Wildman–Crippen MR) is 162 cm³/mol. The molecule has 0 saturated heterocycles. The number of para-hydroxylation sites is 2. The van der Waals surface area contributed by atoms with Crippen LogP contribution in [0.1, 0.15) is 6.92 Å². The summed E-state index contributed by atoms with van der Waals surface area (Å²) in [7, 11) is 0. The lowest BCUT2D eigenvalue weighted by Gasteiger charge is -2.22. The molecule has 4 aromatic carbocycles. The van der Waals surface area contributed by atoms with Crippen molar-refractivity contribution in [3.63, 3.8) is 0 Å². The normalized spacial score (nSPS) is 17.8. The van der Waals surface area contributed by atoms with E-state index in [1.54, 1.807) is 0 Å². The SMILES string of the molecule is CC12C=c3c(c4ccccc4n3-c3nc(-c4ccc(-c5ccccc5)cc4)c4ccccc4n3)=CC1=NSN2. The van der Waals surface area contributed by atoms with Crippen LogP contribution in [0.25, 0.3) is 62.3 Å². The van der Waals surface area contributed by atoms with Gasteiger partial charge in [-0.25, -0.2) is 19.1 Å². The fraction of sp³-hybridized carbons (Fsp3) is 0.0606. The molecule has 2 aliphatic rings. The van der Waals surface area contributed by atoms with E-state index in [0.29, 0.717) is 5.95 Å². The summed E-state index contributed by atoms with van der Waals surface area (Å²) in [6.45, 7) is 2.16. The van der Waals surface area contributed by atoms with E-state index >= 15 is 0 Å². The second-order valence-corrected chi connectivity index (χ2v) is 10.7. The van der Waals surface area contributed by atoms with Crippen molar-refractivity contribution in [1.29, 1.82) is 0 Å². The van der Waals surface area contributed by atoms with Gasteiger partial charge < -0.3 is 0 Å². The minimum Gasteiger partial charge on any atom is -0.278 e. The minimum atomic E-state index is -0.350. The van der Waals surface area contributed by atoms with E-state index in [4.69, 9.17) is 9.97 Å². The van der Waals surface area contributed by atoms with Crippen molar-refractivity contribution in [3.05, 3.63) is 114 Å². The maximum Gasteiger partial charge on any atom is 0.235 e. The van der Waals surface area contributed by atoms with Gasteiger partial charge in [0.15, 0.2) is 0 Å². The van der Waals surface area contributed by atoms with E-state index in [-0.39, 0.29) is 5.54 Å². The number of aromatic nitrogens is 3. The summed E-state index contributed by atoms with van der Waals surface area (Å²) >= 11 is 1.40. The zero-order valence-corrected chi connectivity index (χ0v) is 22.0. The van der Waals surface area contributed by atoms with Crippen molar-refractivity contribution >= 4 is 51.8 Å². The van der Waals surface area contributed by atoms with Crippen LogP contribution in [-0.4, -0.2) is 25.8 Å². The first kappa shape index (κ1) is 22.5. The summed E-state index contributed by atoms with van der Waals surface area (Å²) in [4.78, 5) is 10.3. The third-order valence-electron chi connectivity index (χ3n) is 7.65. The topological polar surface area (TPSA) is 55.1 Å². The standard InChI is InChI=1S/C33H23N5S/c1-33-20-29-26(19-30(33)36-39-37-33)24-11-6-8-14-28(24)38(29)32-34-27-13-7-5-12-25(27)31(35-32)23-17-15-22(16-18-23)21-9-3-2-4-10-21/h2-20,37H,1H3. The lowest BCUT2D eigenvalue weighted by atomic mass is 9.92. The van der Waals surface area contributed by atoms with Crippen molar-refractivity contribution in [2.75, 3.05) is 0 Å². The first-order chi connectivity index (χ1) is 19.2. The molecule has 1 aliphatic heterocycles. The maximum absolute atomic E-state index is 5.24. The number of hydrogen-bond acceptors (Lipinski definition) is 5. The van der Waals surface area contributed by atoms with Crippen LogP contribution < -0.4 is 15.3 Å². The van der Waals surface area contributed by atoms with Crippen LogP contribution in [0.5, 0.6) is 0 Å². The summed E-state index contributed by atoms with van der Waals surface area (Å²) in [5.74, 6) is 0.660. The molecule has 1 aliphatic carbocycles. The van der Waals surface area contributed by atoms with Crippen LogP contribution in [0.15, 0.2) is 108 Å². The Balaban J connectivity index is 1.39. The van der Waals surface area contributed by atoms with Crippen LogP contribution in [0.4, 0.5) is 0 Å². The van der Waals surface area contributed by atoms with Crippen molar-refractivity contribution < 1.29 is 0 Å². The number of hydrogen-bond donors (Lipinski definition) is 1. The van der Waals surface area contributed by atoms with E-state index < -0.39 is 0 Å². The Hall–Kier alpha value is -4.52. The van der Waals surface area contributed by atoms with Crippen molar-refractivity contribution in [2.24, 2.45) is 4.40 Å². The molecule has 0 fully saturated rings. The predicted octanol–water partition coefficient (Wildman–Crippen LogP) is 5.85. The highest BCUT2D eigenvalue weighted by atomic mass is 32.2. The van der Waals surface area contributed by atoms with Gasteiger partial charge in [0, 0.05) is 21.6 Å². The molecule has 6 heteroatoms. The van der Waals surface area contributed by atoms with E-state index in [2.05, 4.69) is 118 Å². The van der Waals surface area contributed by atoms with Gasteiger partial charge in [-0.15, -0.1) is 0 Å². The van der Waals surface area contributed by atoms with Crippen molar-refractivity contribution in [1.82, 2.24) is 19.3 Å². The smallest absolute Gasteiger partial charge is 0.235 e. The summed E-state index contributed by atoms with van der Waals surface area (Å²) in [5.41, 5.74) is 7.03. The highest BCUT2D eigenvalue weighted by Gasteiger charge is 2.34. The molecule has 0 bridgehead atoms.